The average Bonchev–Trinajstić information content (AvgIpc) is 2.61. The third-order valence-electron chi connectivity index (χ3n) is 3.51. The van der Waals surface area contributed by atoms with Crippen LogP contribution in [-0.2, 0) is 27.4 Å². The number of ether oxygens (including phenoxy) is 1. The van der Waals surface area contributed by atoms with Crippen molar-refractivity contribution in [2.45, 2.75) is 25.5 Å². The number of amides is 1. The summed E-state index contributed by atoms with van der Waals surface area (Å²) in [6, 6.07) is 18.4. The van der Waals surface area contributed by atoms with Crippen LogP contribution in [0.25, 0.3) is 0 Å². The van der Waals surface area contributed by atoms with Gasteiger partial charge >= 0.3 is 5.97 Å². The highest BCUT2D eigenvalue weighted by Gasteiger charge is 2.14. The second-order valence-corrected chi connectivity index (χ2v) is 5.48. The van der Waals surface area contributed by atoms with E-state index in [4.69, 9.17) is 10.5 Å². The van der Waals surface area contributed by atoms with Crippen LogP contribution in [-0.4, -0.2) is 24.5 Å². The molecule has 0 aliphatic carbocycles. The van der Waals surface area contributed by atoms with Gasteiger partial charge in [0, 0.05) is 6.54 Å². The fraction of sp³-hybridized carbons (Fsp3) is 0.263. The van der Waals surface area contributed by atoms with E-state index in [-0.39, 0.29) is 31.4 Å². The summed E-state index contributed by atoms with van der Waals surface area (Å²) in [6.45, 7) is 0.454. The number of esters is 1. The smallest absolute Gasteiger partial charge is 0.307 e. The predicted molar refractivity (Wildman–Crippen MR) is 92.0 cm³/mol. The van der Waals surface area contributed by atoms with Crippen LogP contribution >= 0.6 is 0 Å². The number of hydrogen-bond donors (Lipinski definition) is 2. The molecule has 1 atom stereocenters. The number of rotatable bonds is 8. The zero-order chi connectivity index (χ0) is 17.2. The van der Waals surface area contributed by atoms with Gasteiger partial charge in [0.25, 0.3) is 0 Å². The number of hydrogen-bond acceptors (Lipinski definition) is 4. The van der Waals surface area contributed by atoms with Crippen LogP contribution in [0.4, 0.5) is 0 Å². The molecule has 24 heavy (non-hydrogen) atoms. The Labute approximate surface area is 141 Å². The number of benzene rings is 2. The molecule has 0 aliphatic heterocycles. The van der Waals surface area contributed by atoms with Gasteiger partial charge in [-0.05, 0) is 17.5 Å². The highest BCUT2D eigenvalue weighted by Crippen LogP contribution is 2.03. The lowest BCUT2D eigenvalue weighted by Crippen LogP contribution is -2.42. The van der Waals surface area contributed by atoms with Gasteiger partial charge in [-0.3, -0.25) is 9.59 Å². The summed E-state index contributed by atoms with van der Waals surface area (Å²) < 4.78 is 5.14. The van der Waals surface area contributed by atoms with E-state index in [1.54, 1.807) is 0 Å². The van der Waals surface area contributed by atoms with Crippen molar-refractivity contribution in [2.24, 2.45) is 5.73 Å². The molecule has 1 amide bonds. The normalized spacial score (nSPS) is 11.5. The average molecular weight is 326 g/mol. The van der Waals surface area contributed by atoms with E-state index < -0.39 is 6.04 Å². The lowest BCUT2D eigenvalue weighted by atomic mass is 10.1. The largest absolute Gasteiger partial charge is 0.461 e. The molecule has 2 rings (SSSR count). The SMILES string of the molecule is N[C@@H](Cc1ccccc1)C(=O)NCCC(=O)OCc1ccccc1. The third kappa shape index (κ3) is 6.22. The van der Waals surface area contributed by atoms with Gasteiger partial charge in [0.15, 0.2) is 0 Å². The molecule has 0 aliphatic rings. The molecule has 0 radical (unpaired) electrons. The molecule has 5 nitrogen and oxygen atoms in total. The molecule has 0 fully saturated rings. The fourth-order valence-corrected chi connectivity index (χ4v) is 2.19. The van der Waals surface area contributed by atoms with Crippen molar-refractivity contribution in [2.75, 3.05) is 6.54 Å². The summed E-state index contributed by atoms with van der Waals surface area (Å²) >= 11 is 0. The van der Waals surface area contributed by atoms with E-state index >= 15 is 0 Å². The molecule has 0 saturated carbocycles. The summed E-state index contributed by atoms with van der Waals surface area (Å²) in [6.07, 6.45) is 0.585. The fourth-order valence-electron chi connectivity index (χ4n) is 2.19. The first-order valence-corrected chi connectivity index (χ1v) is 7.92. The molecule has 0 bridgehead atoms. The topological polar surface area (TPSA) is 81.4 Å². The number of nitrogens with one attached hydrogen (secondary N) is 1. The highest BCUT2D eigenvalue weighted by atomic mass is 16.5. The molecule has 2 aromatic carbocycles. The van der Waals surface area contributed by atoms with Crippen LogP contribution in [0.2, 0.25) is 0 Å². The Bertz CT molecular complexity index is 644. The van der Waals surface area contributed by atoms with E-state index in [0.717, 1.165) is 11.1 Å². The Morgan fingerprint density at radius 2 is 1.54 bits per heavy atom. The summed E-state index contributed by atoms with van der Waals surface area (Å²) in [4.78, 5) is 23.6. The Morgan fingerprint density at radius 1 is 0.958 bits per heavy atom. The number of carbonyl (C=O) groups excluding carboxylic acids is 2. The standard InChI is InChI=1S/C19H22N2O3/c20-17(13-15-7-3-1-4-8-15)19(23)21-12-11-18(22)24-14-16-9-5-2-6-10-16/h1-10,17H,11-14,20H2,(H,21,23)/t17-/m0/s1. The van der Waals surface area contributed by atoms with Gasteiger partial charge in [-0.2, -0.15) is 0 Å². The van der Waals surface area contributed by atoms with Gasteiger partial charge in [0.1, 0.15) is 6.61 Å². The first kappa shape index (κ1) is 17.7. The molecule has 0 unspecified atom stereocenters. The third-order valence-corrected chi connectivity index (χ3v) is 3.51. The van der Waals surface area contributed by atoms with E-state index in [2.05, 4.69) is 5.32 Å². The predicted octanol–water partition coefficient (Wildman–Crippen LogP) is 1.81. The van der Waals surface area contributed by atoms with Crippen molar-refractivity contribution in [1.29, 1.82) is 0 Å². The maximum absolute atomic E-state index is 11.9. The van der Waals surface area contributed by atoms with E-state index in [0.29, 0.717) is 6.42 Å². The highest BCUT2D eigenvalue weighted by molar-refractivity contribution is 5.82. The first-order chi connectivity index (χ1) is 11.6. The second-order valence-electron chi connectivity index (χ2n) is 5.48. The lowest BCUT2D eigenvalue weighted by molar-refractivity contribution is -0.144. The van der Waals surface area contributed by atoms with E-state index in [9.17, 15) is 9.59 Å². The van der Waals surface area contributed by atoms with Crippen LogP contribution in [0.15, 0.2) is 60.7 Å². The molecule has 0 aromatic heterocycles. The van der Waals surface area contributed by atoms with Crippen molar-refractivity contribution in [3.05, 3.63) is 71.8 Å². The van der Waals surface area contributed by atoms with Crippen LogP contribution < -0.4 is 11.1 Å². The maximum Gasteiger partial charge on any atom is 0.307 e. The molecule has 0 spiro atoms. The van der Waals surface area contributed by atoms with Gasteiger partial charge in [-0.15, -0.1) is 0 Å². The minimum absolute atomic E-state index is 0.122. The van der Waals surface area contributed by atoms with Crippen molar-refractivity contribution < 1.29 is 14.3 Å². The molecule has 126 valence electrons. The summed E-state index contributed by atoms with van der Waals surface area (Å²) in [5.41, 5.74) is 7.81. The molecular weight excluding hydrogens is 304 g/mol. The van der Waals surface area contributed by atoms with Gasteiger partial charge < -0.3 is 15.8 Å². The zero-order valence-corrected chi connectivity index (χ0v) is 13.5. The van der Waals surface area contributed by atoms with Gasteiger partial charge in [0.05, 0.1) is 12.5 Å². The quantitative estimate of drug-likeness (QED) is 0.725. The van der Waals surface area contributed by atoms with Crippen molar-refractivity contribution >= 4 is 11.9 Å². The van der Waals surface area contributed by atoms with Crippen LogP contribution in [0.3, 0.4) is 0 Å². The minimum Gasteiger partial charge on any atom is -0.461 e. The maximum atomic E-state index is 11.9. The molecular formula is C19H22N2O3. The summed E-state index contributed by atoms with van der Waals surface area (Å²) in [5, 5.41) is 2.67. The van der Waals surface area contributed by atoms with E-state index in [1.165, 1.54) is 0 Å². The number of carbonyl (C=O) groups is 2. The Morgan fingerprint density at radius 3 is 2.17 bits per heavy atom. The molecule has 5 heteroatoms. The van der Waals surface area contributed by atoms with Gasteiger partial charge in [-0.1, -0.05) is 60.7 Å². The minimum atomic E-state index is -0.632. The Hall–Kier alpha value is -2.66. The van der Waals surface area contributed by atoms with Gasteiger partial charge in [-0.25, -0.2) is 0 Å². The molecule has 0 heterocycles. The second kappa shape index (κ2) is 9.47. The zero-order valence-electron chi connectivity index (χ0n) is 13.5. The lowest BCUT2D eigenvalue weighted by Gasteiger charge is -2.12. The Kier molecular flexibility index (Phi) is 6.98. The van der Waals surface area contributed by atoms with Crippen LogP contribution in [0.5, 0.6) is 0 Å². The number of nitrogens with two attached hydrogens (primary N) is 1. The van der Waals surface area contributed by atoms with Crippen molar-refractivity contribution in [1.82, 2.24) is 5.32 Å². The molecule has 2 aromatic rings. The molecule has 0 saturated heterocycles. The van der Waals surface area contributed by atoms with Crippen molar-refractivity contribution in [3.8, 4) is 0 Å². The van der Waals surface area contributed by atoms with E-state index in [1.807, 2.05) is 60.7 Å². The van der Waals surface area contributed by atoms with Crippen molar-refractivity contribution in [3.63, 3.8) is 0 Å². The monoisotopic (exact) mass is 326 g/mol. The molecule has 3 N–H and O–H groups in total. The van der Waals surface area contributed by atoms with Crippen LogP contribution in [0, 0.1) is 0 Å². The Balaban J connectivity index is 1.63. The van der Waals surface area contributed by atoms with Gasteiger partial charge in [0.2, 0.25) is 5.91 Å². The van der Waals surface area contributed by atoms with Crippen LogP contribution in [0.1, 0.15) is 17.5 Å². The first-order valence-electron chi connectivity index (χ1n) is 7.92. The summed E-state index contributed by atoms with van der Waals surface area (Å²) in [7, 11) is 0. The summed E-state index contributed by atoms with van der Waals surface area (Å²) in [5.74, 6) is -0.620.